The molecule has 0 unspecified atom stereocenters. The predicted molar refractivity (Wildman–Crippen MR) is 57.5 cm³/mol. The minimum atomic E-state index is -0.979. The summed E-state index contributed by atoms with van der Waals surface area (Å²) in [6.45, 7) is 2.00. The first-order chi connectivity index (χ1) is 7.74. The van der Waals surface area contributed by atoms with E-state index in [1.54, 1.807) is 25.3 Å². The van der Waals surface area contributed by atoms with Crippen LogP contribution in [0.2, 0.25) is 0 Å². The van der Waals surface area contributed by atoms with Gasteiger partial charge in [0, 0.05) is 12.4 Å². The summed E-state index contributed by atoms with van der Waals surface area (Å²) in [6.07, 6.45) is 1.99. The molecule has 2 atom stereocenters. The van der Waals surface area contributed by atoms with Crippen LogP contribution >= 0.6 is 0 Å². The lowest BCUT2D eigenvalue weighted by molar-refractivity contribution is -0.148. The molecule has 0 aromatic carbocycles. The number of carbonyl (C=O) groups excluding carboxylic acids is 1. The molecule has 1 aromatic heterocycles. The van der Waals surface area contributed by atoms with Gasteiger partial charge in [0.25, 0.3) is 0 Å². The van der Waals surface area contributed by atoms with E-state index in [1.807, 2.05) is 0 Å². The van der Waals surface area contributed by atoms with E-state index in [1.165, 1.54) is 6.21 Å². The summed E-state index contributed by atoms with van der Waals surface area (Å²) < 4.78 is 4.85. The molecule has 1 N–H and O–H groups in total. The van der Waals surface area contributed by atoms with Crippen molar-refractivity contribution in [3.63, 3.8) is 0 Å². The van der Waals surface area contributed by atoms with Crippen molar-refractivity contribution in [2.75, 3.05) is 6.61 Å². The molecular formula is C11H12N2O3. The van der Waals surface area contributed by atoms with E-state index >= 15 is 0 Å². The molecule has 5 heteroatoms. The zero-order chi connectivity index (χ0) is 11.5. The molecule has 0 radical (unpaired) electrons. The standard InChI is InChI=1S/C11H12N2O3/c1-2-16-11(15)7-6-13-8-4-3-5-12-9(8)10(7)14/h3-7,10,14H,2H2,1H3/t7-,10+/m0/s1. The van der Waals surface area contributed by atoms with Crippen molar-refractivity contribution in [1.29, 1.82) is 0 Å². The zero-order valence-corrected chi connectivity index (χ0v) is 8.83. The van der Waals surface area contributed by atoms with E-state index in [0.29, 0.717) is 11.4 Å². The number of hydrogen-bond donors (Lipinski definition) is 1. The Morgan fingerprint density at radius 2 is 2.44 bits per heavy atom. The van der Waals surface area contributed by atoms with Gasteiger partial charge in [-0.05, 0) is 19.1 Å². The van der Waals surface area contributed by atoms with Crippen LogP contribution in [-0.4, -0.2) is 28.9 Å². The monoisotopic (exact) mass is 220 g/mol. The van der Waals surface area contributed by atoms with E-state index in [0.717, 1.165) is 0 Å². The molecule has 16 heavy (non-hydrogen) atoms. The number of aromatic nitrogens is 1. The molecule has 2 rings (SSSR count). The number of aliphatic hydroxyl groups excluding tert-OH is 1. The van der Waals surface area contributed by atoms with Crippen molar-refractivity contribution in [2.45, 2.75) is 13.0 Å². The Morgan fingerprint density at radius 1 is 1.62 bits per heavy atom. The van der Waals surface area contributed by atoms with Gasteiger partial charge in [0.1, 0.15) is 12.0 Å². The maximum atomic E-state index is 11.5. The molecule has 0 fully saturated rings. The molecule has 0 aliphatic carbocycles. The number of hydrogen-bond acceptors (Lipinski definition) is 5. The first-order valence-electron chi connectivity index (χ1n) is 5.08. The Labute approximate surface area is 92.8 Å². The van der Waals surface area contributed by atoms with Gasteiger partial charge < -0.3 is 9.84 Å². The van der Waals surface area contributed by atoms with Gasteiger partial charge in [0.05, 0.1) is 18.0 Å². The first kappa shape index (κ1) is 10.8. The summed E-state index contributed by atoms with van der Waals surface area (Å²) in [6, 6.07) is 3.47. The number of aliphatic imine (C=N–C) groups is 1. The van der Waals surface area contributed by atoms with Gasteiger partial charge in [0.2, 0.25) is 0 Å². The molecule has 0 amide bonds. The molecule has 0 bridgehead atoms. The second kappa shape index (κ2) is 4.40. The highest BCUT2D eigenvalue weighted by Crippen LogP contribution is 2.32. The number of fused-ring (bicyclic) bond motifs is 1. The molecule has 0 saturated carbocycles. The third-order valence-corrected chi connectivity index (χ3v) is 2.37. The van der Waals surface area contributed by atoms with E-state index in [4.69, 9.17) is 4.74 Å². The fourth-order valence-electron chi connectivity index (χ4n) is 1.59. The van der Waals surface area contributed by atoms with Crippen LogP contribution in [0.3, 0.4) is 0 Å². The fraction of sp³-hybridized carbons (Fsp3) is 0.364. The van der Waals surface area contributed by atoms with Crippen molar-refractivity contribution in [3.8, 4) is 0 Å². The minimum absolute atomic E-state index is 0.283. The molecule has 1 aliphatic rings. The van der Waals surface area contributed by atoms with Crippen LogP contribution < -0.4 is 0 Å². The van der Waals surface area contributed by atoms with Gasteiger partial charge in [-0.15, -0.1) is 0 Å². The maximum Gasteiger partial charge on any atom is 0.317 e. The Hall–Kier alpha value is -1.75. The summed E-state index contributed by atoms with van der Waals surface area (Å²) in [7, 11) is 0. The summed E-state index contributed by atoms with van der Waals surface area (Å²) >= 11 is 0. The lowest BCUT2D eigenvalue weighted by Crippen LogP contribution is -2.28. The molecule has 5 nitrogen and oxygen atoms in total. The largest absolute Gasteiger partial charge is 0.465 e. The number of rotatable bonds is 2. The highest BCUT2D eigenvalue weighted by atomic mass is 16.5. The third-order valence-electron chi connectivity index (χ3n) is 2.37. The minimum Gasteiger partial charge on any atom is -0.465 e. The van der Waals surface area contributed by atoms with Gasteiger partial charge >= 0.3 is 5.97 Å². The van der Waals surface area contributed by atoms with Gasteiger partial charge in [-0.1, -0.05) is 0 Å². The highest BCUT2D eigenvalue weighted by Gasteiger charge is 2.33. The van der Waals surface area contributed by atoms with Gasteiger partial charge in [-0.25, -0.2) is 0 Å². The molecule has 0 spiro atoms. The predicted octanol–water partition coefficient (Wildman–Crippen LogP) is 1.01. The Kier molecular flexibility index (Phi) is 2.96. The average molecular weight is 220 g/mol. The maximum absolute atomic E-state index is 11.5. The summed E-state index contributed by atoms with van der Waals surface area (Å²) in [5, 5.41) is 9.96. The van der Waals surface area contributed by atoms with Gasteiger partial charge in [0.15, 0.2) is 0 Å². The van der Waals surface area contributed by atoms with E-state index in [-0.39, 0.29) is 6.61 Å². The topological polar surface area (TPSA) is 71.8 Å². The van der Waals surface area contributed by atoms with Crippen molar-refractivity contribution >= 4 is 17.9 Å². The molecule has 2 heterocycles. The van der Waals surface area contributed by atoms with Gasteiger partial charge in [-0.2, -0.15) is 0 Å². The molecule has 0 saturated heterocycles. The van der Waals surface area contributed by atoms with Crippen LogP contribution in [-0.2, 0) is 9.53 Å². The van der Waals surface area contributed by atoms with Gasteiger partial charge in [-0.3, -0.25) is 14.8 Å². The fourth-order valence-corrected chi connectivity index (χ4v) is 1.59. The third kappa shape index (κ3) is 1.81. The van der Waals surface area contributed by atoms with Crippen molar-refractivity contribution in [3.05, 3.63) is 24.0 Å². The number of nitrogens with zero attached hydrogens (tertiary/aromatic N) is 2. The van der Waals surface area contributed by atoms with E-state index in [9.17, 15) is 9.90 Å². The number of aliphatic hydroxyl groups is 1. The summed E-state index contributed by atoms with van der Waals surface area (Å²) in [4.78, 5) is 19.6. The number of ether oxygens (including phenoxy) is 1. The normalized spacial score (nSPS) is 22.6. The Balaban J connectivity index is 2.27. The van der Waals surface area contributed by atoms with Crippen LogP contribution in [0.25, 0.3) is 0 Å². The van der Waals surface area contributed by atoms with Crippen LogP contribution in [0.5, 0.6) is 0 Å². The van der Waals surface area contributed by atoms with Crippen molar-refractivity contribution in [2.24, 2.45) is 10.9 Å². The second-order valence-electron chi connectivity index (χ2n) is 3.41. The Bertz CT molecular complexity index is 431. The highest BCUT2D eigenvalue weighted by molar-refractivity contribution is 5.93. The second-order valence-corrected chi connectivity index (χ2v) is 3.41. The zero-order valence-electron chi connectivity index (χ0n) is 8.83. The van der Waals surface area contributed by atoms with Crippen LogP contribution in [0.4, 0.5) is 5.69 Å². The van der Waals surface area contributed by atoms with E-state index < -0.39 is 18.0 Å². The number of esters is 1. The summed E-state index contributed by atoms with van der Waals surface area (Å²) in [5.41, 5.74) is 1.01. The molecule has 1 aromatic rings. The van der Waals surface area contributed by atoms with Crippen LogP contribution in [0.1, 0.15) is 18.7 Å². The molecule has 84 valence electrons. The lowest BCUT2D eigenvalue weighted by Gasteiger charge is -2.21. The Morgan fingerprint density at radius 3 is 3.19 bits per heavy atom. The molecular weight excluding hydrogens is 208 g/mol. The SMILES string of the molecule is CCOC(=O)[C@H]1C=Nc2cccnc2[C@@H]1O. The van der Waals surface area contributed by atoms with Crippen molar-refractivity contribution < 1.29 is 14.6 Å². The van der Waals surface area contributed by atoms with E-state index in [2.05, 4.69) is 9.98 Å². The number of carbonyl (C=O) groups is 1. The smallest absolute Gasteiger partial charge is 0.317 e. The average Bonchev–Trinajstić information content (AvgIpc) is 2.30. The molecule has 1 aliphatic heterocycles. The summed E-state index contributed by atoms with van der Waals surface area (Å²) in [5.74, 6) is -1.24. The quantitative estimate of drug-likeness (QED) is 0.755. The van der Waals surface area contributed by atoms with Crippen LogP contribution in [0.15, 0.2) is 23.3 Å². The number of pyridine rings is 1. The van der Waals surface area contributed by atoms with Crippen LogP contribution in [0, 0.1) is 5.92 Å². The lowest BCUT2D eigenvalue weighted by atomic mass is 9.97. The van der Waals surface area contributed by atoms with Crippen molar-refractivity contribution in [1.82, 2.24) is 4.98 Å². The first-order valence-corrected chi connectivity index (χ1v) is 5.08.